The maximum absolute atomic E-state index is 13.8. The third-order valence-corrected chi connectivity index (χ3v) is 6.46. The summed E-state index contributed by atoms with van der Waals surface area (Å²) in [6.45, 7) is 2.35. The lowest BCUT2D eigenvalue weighted by molar-refractivity contribution is -0.127. The number of fused-ring (bicyclic) bond motifs is 1. The van der Waals surface area contributed by atoms with Gasteiger partial charge < -0.3 is 14.8 Å². The van der Waals surface area contributed by atoms with Crippen molar-refractivity contribution in [2.24, 2.45) is 5.92 Å². The van der Waals surface area contributed by atoms with Crippen molar-refractivity contribution >= 4 is 5.91 Å². The van der Waals surface area contributed by atoms with Gasteiger partial charge >= 0.3 is 0 Å². The van der Waals surface area contributed by atoms with Crippen LogP contribution in [0.25, 0.3) is 0 Å². The van der Waals surface area contributed by atoms with Crippen molar-refractivity contribution in [3.63, 3.8) is 0 Å². The van der Waals surface area contributed by atoms with Gasteiger partial charge in [-0.05, 0) is 53.3 Å². The SMILES string of the molecule is O=C(NCc1ccc2c(c1)OCO2)C1CC(c2ccccc2)CN(Cc2ccc(F)c(F)c2)C1. The topological polar surface area (TPSA) is 50.8 Å². The molecule has 1 saturated heterocycles. The number of nitrogens with zero attached hydrogens (tertiary/aromatic N) is 1. The van der Waals surface area contributed by atoms with Crippen LogP contribution in [0.5, 0.6) is 11.5 Å². The zero-order chi connectivity index (χ0) is 23.5. The normalized spacial score (nSPS) is 19.7. The molecule has 3 aromatic rings. The number of hydrogen-bond acceptors (Lipinski definition) is 4. The van der Waals surface area contributed by atoms with Crippen LogP contribution in [0.1, 0.15) is 29.0 Å². The number of likely N-dealkylation sites (tertiary alicyclic amines) is 1. The van der Waals surface area contributed by atoms with E-state index in [0.717, 1.165) is 24.6 Å². The van der Waals surface area contributed by atoms with Crippen molar-refractivity contribution in [2.45, 2.75) is 25.4 Å². The molecule has 5 nitrogen and oxygen atoms in total. The number of rotatable bonds is 6. The summed E-state index contributed by atoms with van der Waals surface area (Å²) >= 11 is 0. The number of halogens is 2. The van der Waals surface area contributed by atoms with Gasteiger partial charge in [0.25, 0.3) is 0 Å². The van der Waals surface area contributed by atoms with Crippen molar-refractivity contribution in [1.29, 1.82) is 0 Å². The highest BCUT2D eigenvalue weighted by atomic mass is 19.2. The predicted molar refractivity (Wildman–Crippen MR) is 123 cm³/mol. The standard InChI is InChI=1S/C27H26F2N2O3/c28-23-8-6-19(10-24(23)29)14-31-15-21(20-4-2-1-3-5-20)12-22(16-31)27(32)30-13-18-7-9-25-26(11-18)34-17-33-25/h1-11,21-22H,12-17H2,(H,30,32). The summed E-state index contributed by atoms with van der Waals surface area (Å²) in [4.78, 5) is 15.3. The molecule has 3 aromatic carbocycles. The van der Waals surface area contributed by atoms with Crippen molar-refractivity contribution in [1.82, 2.24) is 10.2 Å². The van der Waals surface area contributed by atoms with Crippen LogP contribution in [0.4, 0.5) is 8.78 Å². The van der Waals surface area contributed by atoms with Crippen LogP contribution in [0.3, 0.4) is 0 Å². The molecule has 0 radical (unpaired) electrons. The molecule has 7 heteroatoms. The van der Waals surface area contributed by atoms with Crippen LogP contribution in [-0.2, 0) is 17.9 Å². The number of carbonyl (C=O) groups excluding carboxylic acids is 1. The molecule has 0 saturated carbocycles. The van der Waals surface area contributed by atoms with Crippen LogP contribution in [0, 0.1) is 17.6 Å². The third-order valence-electron chi connectivity index (χ3n) is 6.46. The molecule has 1 N–H and O–H groups in total. The Morgan fingerprint density at radius 1 is 0.912 bits per heavy atom. The Labute approximate surface area is 197 Å². The molecule has 2 heterocycles. The van der Waals surface area contributed by atoms with Crippen molar-refractivity contribution in [3.8, 4) is 11.5 Å². The van der Waals surface area contributed by atoms with E-state index in [2.05, 4.69) is 22.3 Å². The van der Waals surface area contributed by atoms with Crippen molar-refractivity contribution in [3.05, 3.63) is 95.1 Å². The van der Waals surface area contributed by atoms with Crippen molar-refractivity contribution in [2.75, 3.05) is 19.9 Å². The minimum absolute atomic E-state index is 0.0198. The number of nitrogens with one attached hydrogen (secondary N) is 1. The smallest absolute Gasteiger partial charge is 0.231 e. The van der Waals surface area contributed by atoms with Gasteiger partial charge in [0.15, 0.2) is 23.1 Å². The molecule has 1 amide bonds. The second kappa shape index (κ2) is 9.81. The van der Waals surface area contributed by atoms with E-state index in [4.69, 9.17) is 9.47 Å². The Hall–Kier alpha value is -3.45. The molecule has 0 aliphatic carbocycles. The first-order chi connectivity index (χ1) is 16.5. The Kier molecular flexibility index (Phi) is 6.45. The Balaban J connectivity index is 1.29. The van der Waals surface area contributed by atoms with E-state index in [1.54, 1.807) is 6.07 Å². The highest BCUT2D eigenvalue weighted by molar-refractivity contribution is 5.79. The quantitative estimate of drug-likeness (QED) is 0.579. The van der Waals surface area contributed by atoms with Gasteiger partial charge in [-0.15, -0.1) is 0 Å². The maximum Gasteiger partial charge on any atom is 0.231 e. The molecule has 5 rings (SSSR count). The molecule has 0 bridgehead atoms. The average Bonchev–Trinajstić information content (AvgIpc) is 3.33. The van der Waals surface area contributed by atoms with Gasteiger partial charge in [0.1, 0.15) is 0 Å². The van der Waals surface area contributed by atoms with Gasteiger partial charge in [-0.3, -0.25) is 9.69 Å². The van der Waals surface area contributed by atoms with Gasteiger partial charge in [0.2, 0.25) is 12.7 Å². The molecule has 0 spiro atoms. The number of piperidine rings is 1. The molecular formula is C27H26F2N2O3. The fourth-order valence-electron chi connectivity index (χ4n) is 4.76. The van der Waals surface area contributed by atoms with Crippen LogP contribution in [0.15, 0.2) is 66.7 Å². The minimum Gasteiger partial charge on any atom is -0.454 e. The molecule has 2 unspecified atom stereocenters. The summed E-state index contributed by atoms with van der Waals surface area (Å²) in [6, 6.07) is 19.7. The Morgan fingerprint density at radius 2 is 1.71 bits per heavy atom. The van der Waals surface area contributed by atoms with E-state index in [1.807, 2.05) is 36.4 Å². The van der Waals surface area contributed by atoms with E-state index in [-0.39, 0.29) is 24.5 Å². The largest absolute Gasteiger partial charge is 0.454 e. The molecule has 1 fully saturated rings. The Morgan fingerprint density at radius 3 is 2.53 bits per heavy atom. The van der Waals surface area contributed by atoms with Crippen molar-refractivity contribution < 1.29 is 23.0 Å². The molecule has 2 aliphatic rings. The van der Waals surface area contributed by atoms with Crippen LogP contribution in [-0.4, -0.2) is 30.7 Å². The number of ether oxygens (including phenoxy) is 2. The molecular weight excluding hydrogens is 438 g/mol. The first-order valence-corrected chi connectivity index (χ1v) is 11.4. The highest BCUT2D eigenvalue weighted by Crippen LogP contribution is 2.33. The molecule has 2 aliphatic heterocycles. The number of hydrogen-bond donors (Lipinski definition) is 1. The van der Waals surface area contributed by atoms with Gasteiger partial charge in [-0.2, -0.15) is 0 Å². The summed E-state index contributed by atoms with van der Waals surface area (Å²) < 4.78 is 37.9. The first kappa shape index (κ1) is 22.3. The van der Waals surface area contributed by atoms with E-state index >= 15 is 0 Å². The monoisotopic (exact) mass is 464 g/mol. The summed E-state index contributed by atoms with van der Waals surface area (Å²) in [5, 5.41) is 3.06. The van der Waals surface area contributed by atoms with E-state index in [0.29, 0.717) is 36.7 Å². The van der Waals surface area contributed by atoms with Gasteiger partial charge in [-0.25, -0.2) is 8.78 Å². The van der Waals surface area contributed by atoms with Crippen LogP contribution >= 0.6 is 0 Å². The summed E-state index contributed by atoms with van der Waals surface area (Å²) in [5.74, 6) is -0.391. The zero-order valence-electron chi connectivity index (χ0n) is 18.7. The first-order valence-electron chi connectivity index (χ1n) is 11.4. The summed E-state index contributed by atoms with van der Waals surface area (Å²) in [7, 11) is 0. The number of benzene rings is 3. The van der Waals surface area contributed by atoms with E-state index in [9.17, 15) is 13.6 Å². The molecule has 176 valence electrons. The van der Waals surface area contributed by atoms with E-state index < -0.39 is 11.6 Å². The Bertz CT molecular complexity index is 1170. The second-order valence-electron chi connectivity index (χ2n) is 8.89. The third kappa shape index (κ3) is 5.04. The molecule has 34 heavy (non-hydrogen) atoms. The average molecular weight is 465 g/mol. The lowest BCUT2D eigenvalue weighted by Gasteiger charge is -2.37. The highest BCUT2D eigenvalue weighted by Gasteiger charge is 2.32. The van der Waals surface area contributed by atoms with Crippen LogP contribution in [0.2, 0.25) is 0 Å². The van der Waals surface area contributed by atoms with Crippen LogP contribution < -0.4 is 14.8 Å². The lowest BCUT2D eigenvalue weighted by Crippen LogP contribution is -2.45. The number of amides is 1. The van der Waals surface area contributed by atoms with E-state index in [1.165, 1.54) is 11.6 Å². The summed E-state index contributed by atoms with van der Waals surface area (Å²) in [5.41, 5.74) is 2.80. The van der Waals surface area contributed by atoms with Gasteiger partial charge in [-0.1, -0.05) is 42.5 Å². The van der Waals surface area contributed by atoms with Gasteiger partial charge in [0, 0.05) is 26.2 Å². The fourth-order valence-corrected chi connectivity index (χ4v) is 4.76. The van der Waals surface area contributed by atoms with Gasteiger partial charge in [0.05, 0.1) is 5.92 Å². The predicted octanol–water partition coefficient (Wildman–Crippen LogP) is 4.62. The second-order valence-corrected chi connectivity index (χ2v) is 8.89. The maximum atomic E-state index is 13.8. The molecule has 2 atom stereocenters. The fraction of sp³-hybridized carbons (Fsp3) is 0.296. The zero-order valence-corrected chi connectivity index (χ0v) is 18.7. The molecule has 0 aromatic heterocycles. The minimum atomic E-state index is -0.856. The lowest BCUT2D eigenvalue weighted by atomic mass is 9.84. The number of carbonyl (C=O) groups is 1. The summed E-state index contributed by atoms with van der Waals surface area (Å²) in [6.07, 6.45) is 0.727.